The third-order valence-corrected chi connectivity index (χ3v) is 4.39. The average Bonchev–Trinajstić information content (AvgIpc) is 2.99. The van der Waals surface area contributed by atoms with Gasteiger partial charge in [0.1, 0.15) is 4.47 Å². The number of aromatic amines is 1. The van der Waals surface area contributed by atoms with E-state index in [4.69, 9.17) is 4.74 Å². The highest BCUT2D eigenvalue weighted by molar-refractivity contribution is 9.10. The molecule has 100 valence electrons. The van der Waals surface area contributed by atoms with E-state index in [0.29, 0.717) is 10.4 Å². The van der Waals surface area contributed by atoms with Crippen molar-refractivity contribution in [2.24, 2.45) is 0 Å². The van der Waals surface area contributed by atoms with Crippen molar-refractivity contribution >= 4 is 15.9 Å². The second-order valence-electron chi connectivity index (χ2n) is 6.36. The van der Waals surface area contributed by atoms with E-state index in [9.17, 15) is 4.79 Å². The topological polar surface area (TPSA) is 42.1 Å². The van der Waals surface area contributed by atoms with Crippen LogP contribution in [0.2, 0.25) is 0 Å². The number of hydrogen-bond acceptors (Lipinski definition) is 2. The maximum absolute atomic E-state index is 12.5. The van der Waals surface area contributed by atoms with Gasteiger partial charge in [0, 0.05) is 16.7 Å². The molecule has 0 atom stereocenters. The lowest BCUT2D eigenvalue weighted by molar-refractivity contribution is 0.388. The highest BCUT2D eigenvalue weighted by atomic mass is 79.9. The lowest BCUT2D eigenvalue weighted by Crippen LogP contribution is -2.29. The van der Waals surface area contributed by atoms with Crippen molar-refractivity contribution in [2.75, 3.05) is 7.11 Å². The molecule has 1 aliphatic carbocycles. The molecule has 1 aliphatic rings. The third-order valence-electron chi connectivity index (χ3n) is 3.67. The number of pyridine rings is 1. The SMILES string of the molecule is COc1[nH]c(C2(C)CC2)c(C(C)(C)C)c(=O)c1Br. The number of H-pyrrole nitrogens is 1. The molecule has 1 aromatic rings. The standard InChI is InChI=1S/C14H20BrNO2/c1-13(2,3)8-10(17)9(15)12(18-5)16-11(8)14(4)6-7-14/h6-7H2,1-5H3,(H,16,17). The van der Waals surface area contributed by atoms with E-state index in [1.54, 1.807) is 7.11 Å². The van der Waals surface area contributed by atoms with Gasteiger partial charge in [0.15, 0.2) is 0 Å². The average molecular weight is 314 g/mol. The summed E-state index contributed by atoms with van der Waals surface area (Å²) in [6.45, 7) is 8.42. The Kier molecular flexibility index (Phi) is 3.13. The van der Waals surface area contributed by atoms with Gasteiger partial charge < -0.3 is 9.72 Å². The molecule has 2 rings (SSSR count). The van der Waals surface area contributed by atoms with Crippen molar-refractivity contribution < 1.29 is 4.74 Å². The zero-order valence-corrected chi connectivity index (χ0v) is 13.2. The van der Waals surface area contributed by atoms with Crippen LogP contribution in [0.15, 0.2) is 9.27 Å². The summed E-state index contributed by atoms with van der Waals surface area (Å²) in [5, 5.41) is 0. The number of nitrogens with one attached hydrogen (secondary N) is 1. The number of aromatic nitrogens is 1. The van der Waals surface area contributed by atoms with Crippen LogP contribution in [-0.4, -0.2) is 12.1 Å². The lowest BCUT2D eigenvalue weighted by Gasteiger charge is -2.26. The molecule has 0 radical (unpaired) electrons. The first-order valence-electron chi connectivity index (χ1n) is 6.21. The molecule has 0 spiro atoms. The van der Waals surface area contributed by atoms with Gasteiger partial charge in [0.2, 0.25) is 11.3 Å². The number of halogens is 1. The van der Waals surface area contributed by atoms with Crippen LogP contribution in [-0.2, 0) is 10.8 Å². The van der Waals surface area contributed by atoms with E-state index in [2.05, 4.69) is 48.6 Å². The predicted molar refractivity (Wildman–Crippen MR) is 76.6 cm³/mol. The number of hydrogen-bond donors (Lipinski definition) is 1. The summed E-state index contributed by atoms with van der Waals surface area (Å²) in [6, 6.07) is 0. The minimum atomic E-state index is -0.177. The first kappa shape index (κ1) is 13.7. The van der Waals surface area contributed by atoms with Crippen molar-refractivity contribution in [3.05, 3.63) is 26.0 Å². The highest BCUT2D eigenvalue weighted by Crippen LogP contribution is 2.49. The zero-order chi connectivity index (χ0) is 13.7. The zero-order valence-electron chi connectivity index (χ0n) is 11.6. The maximum Gasteiger partial charge on any atom is 0.209 e. The molecule has 0 aromatic carbocycles. The fourth-order valence-electron chi connectivity index (χ4n) is 2.30. The van der Waals surface area contributed by atoms with Crippen LogP contribution in [0.4, 0.5) is 0 Å². The summed E-state index contributed by atoms with van der Waals surface area (Å²) in [6.07, 6.45) is 2.24. The summed E-state index contributed by atoms with van der Waals surface area (Å²) < 4.78 is 5.74. The van der Waals surface area contributed by atoms with Gasteiger partial charge in [-0.05, 0) is 34.2 Å². The number of rotatable bonds is 2. The molecule has 0 amide bonds. The molecule has 1 N–H and O–H groups in total. The molecular weight excluding hydrogens is 294 g/mol. The van der Waals surface area contributed by atoms with Crippen molar-refractivity contribution in [3.63, 3.8) is 0 Å². The van der Waals surface area contributed by atoms with Gasteiger partial charge in [-0.2, -0.15) is 0 Å². The molecule has 1 heterocycles. The summed E-state index contributed by atoms with van der Waals surface area (Å²) in [5.74, 6) is 0.524. The van der Waals surface area contributed by atoms with Crippen LogP contribution in [0.25, 0.3) is 0 Å². The van der Waals surface area contributed by atoms with Crippen LogP contribution < -0.4 is 10.2 Å². The van der Waals surface area contributed by atoms with Crippen molar-refractivity contribution in [1.82, 2.24) is 4.98 Å². The Balaban J connectivity index is 2.78. The van der Waals surface area contributed by atoms with Crippen LogP contribution in [0, 0.1) is 0 Å². The van der Waals surface area contributed by atoms with Gasteiger partial charge >= 0.3 is 0 Å². The molecule has 0 bridgehead atoms. The number of methoxy groups -OCH3 is 1. The first-order chi connectivity index (χ1) is 8.20. The Hall–Kier alpha value is -0.770. The molecule has 0 aliphatic heterocycles. The molecule has 1 aromatic heterocycles. The summed E-state index contributed by atoms with van der Waals surface area (Å²) in [7, 11) is 1.58. The molecule has 0 unspecified atom stereocenters. The van der Waals surface area contributed by atoms with E-state index in [0.717, 1.165) is 24.1 Å². The van der Waals surface area contributed by atoms with E-state index in [1.165, 1.54) is 0 Å². The summed E-state index contributed by atoms with van der Waals surface area (Å²) in [5.41, 5.74) is 1.88. The maximum atomic E-state index is 12.5. The molecular formula is C14H20BrNO2. The van der Waals surface area contributed by atoms with E-state index < -0.39 is 0 Å². The Morgan fingerprint density at radius 1 is 1.33 bits per heavy atom. The van der Waals surface area contributed by atoms with Crippen LogP contribution in [0.1, 0.15) is 51.8 Å². The summed E-state index contributed by atoms with van der Waals surface area (Å²) >= 11 is 3.34. The Bertz CT molecular complexity index is 536. The van der Waals surface area contributed by atoms with Crippen LogP contribution >= 0.6 is 15.9 Å². The normalized spacial score (nSPS) is 17.7. The Morgan fingerprint density at radius 2 is 1.89 bits per heavy atom. The van der Waals surface area contributed by atoms with Gasteiger partial charge in [-0.3, -0.25) is 4.79 Å². The lowest BCUT2D eigenvalue weighted by atomic mass is 9.82. The van der Waals surface area contributed by atoms with Crippen molar-refractivity contribution in [2.45, 2.75) is 51.4 Å². The van der Waals surface area contributed by atoms with Gasteiger partial charge in [0.25, 0.3) is 0 Å². The molecule has 4 heteroatoms. The predicted octanol–water partition coefficient (Wildman–Crippen LogP) is 3.50. The van der Waals surface area contributed by atoms with Crippen LogP contribution in [0.3, 0.4) is 0 Å². The van der Waals surface area contributed by atoms with E-state index in [1.807, 2.05) is 0 Å². The number of ether oxygens (including phenoxy) is 1. The monoisotopic (exact) mass is 313 g/mol. The minimum absolute atomic E-state index is 0.0428. The molecule has 1 saturated carbocycles. The van der Waals surface area contributed by atoms with Gasteiger partial charge in [0.05, 0.1) is 7.11 Å². The van der Waals surface area contributed by atoms with Crippen molar-refractivity contribution in [3.8, 4) is 5.88 Å². The third kappa shape index (κ3) is 2.11. The van der Waals surface area contributed by atoms with Crippen molar-refractivity contribution in [1.29, 1.82) is 0 Å². The van der Waals surface area contributed by atoms with E-state index in [-0.39, 0.29) is 16.3 Å². The summed E-state index contributed by atoms with van der Waals surface area (Å²) in [4.78, 5) is 15.9. The molecule has 3 nitrogen and oxygen atoms in total. The van der Waals surface area contributed by atoms with Crippen LogP contribution in [0.5, 0.6) is 5.88 Å². The molecule has 18 heavy (non-hydrogen) atoms. The van der Waals surface area contributed by atoms with E-state index >= 15 is 0 Å². The smallest absolute Gasteiger partial charge is 0.209 e. The minimum Gasteiger partial charge on any atom is -0.481 e. The molecule has 0 saturated heterocycles. The fourth-order valence-corrected chi connectivity index (χ4v) is 2.76. The highest BCUT2D eigenvalue weighted by Gasteiger charge is 2.44. The molecule has 1 fully saturated rings. The fraction of sp³-hybridized carbons (Fsp3) is 0.643. The second kappa shape index (κ2) is 4.12. The Morgan fingerprint density at radius 3 is 2.28 bits per heavy atom. The van der Waals surface area contributed by atoms with Gasteiger partial charge in [-0.1, -0.05) is 27.7 Å². The first-order valence-corrected chi connectivity index (χ1v) is 7.01. The second-order valence-corrected chi connectivity index (χ2v) is 7.16. The quantitative estimate of drug-likeness (QED) is 0.908. The van der Waals surface area contributed by atoms with Gasteiger partial charge in [-0.15, -0.1) is 0 Å². The van der Waals surface area contributed by atoms with Gasteiger partial charge in [-0.25, -0.2) is 0 Å². The Labute approximate surface area is 116 Å². The largest absolute Gasteiger partial charge is 0.481 e.